The fraction of sp³-hybridized carbons (Fsp3) is 0.158. The van der Waals surface area contributed by atoms with Crippen LogP contribution >= 0.6 is 15.9 Å². The van der Waals surface area contributed by atoms with Crippen LogP contribution in [0.2, 0.25) is 0 Å². The number of hydrogen-bond donors (Lipinski definition) is 1. The standard InChI is InChI=1S/C19H14BrN5O2/c20-15-7-12(16-8-18(26)24-19-22-11-23-25(16)19)5-6-17(15)27-10-14-4-2-1-3-13(14)9-21/h1-7,11,16H,8,10H2,(H,22,23,24,26)/t16-/m0/s1. The summed E-state index contributed by atoms with van der Waals surface area (Å²) in [5.74, 6) is 1.01. The lowest BCUT2D eigenvalue weighted by Gasteiger charge is -2.24. The molecule has 0 bridgehead atoms. The minimum Gasteiger partial charge on any atom is -0.488 e. The zero-order valence-electron chi connectivity index (χ0n) is 14.1. The van der Waals surface area contributed by atoms with Crippen LogP contribution in [0.15, 0.2) is 53.3 Å². The quantitative estimate of drug-likeness (QED) is 0.693. The van der Waals surface area contributed by atoms with Gasteiger partial charge in [0.2, 0.25) is 11.9 Å². The summed E-state index contributed by atoms with van der Waals surface area (Å²) in [6.45, 7) is 0.292. The molecule has 1 N–H and O–H groups in total. The molecule has 2 heterocycles. The predicted molar refractivity (Wildman–Crippen MR) is 101 cm³/mol. The minimum atomic E-state index is -0.221. The molecule has 4 rings (SSSR count). The van der Waals surface area contributed by atoms with E-state index in [0.717, 1.165) is 15.6 Å². The Morgan fingerprint density at radius 3 is 3.00 bits per heavy atom. The van der Waals surface area contributed by atoms with Crippen molar-refractivity contribution in [2.45, 2.75) is 19.1 Å². The molecule has 0 unspecified atom stereocenters. The highest BCUT2D eigenvalue weighted by Crippen LogP contribution is 2.34. The number of aromatic nitrogens is 3. The van der Waals surface area contributed by atoms with Crippen LogP contribution in [0.1, 0.15) is 29.2 Å². The highest BCUT2D eigenvalue weighted by atomic mass is 79.9. The second-order valence-electron chi connectivity index (χ2n) is 6.04. The van der Waals surface area contributed by atoms with Crippen molar-refractivity contribution in [2.75, 3.05) is 5.32 Å². The third-order valence-corrected chi connectivity index (χ3v) is 4.98. The van der Waals surface area contributed by atoms with Gasteiger partial charge in [-0.3, -0.25) is 10.1 Å². The van der Waals surface area contributed by atoms with E-state index in [-0.39, 0.29) is 11.9 Å². The summed E-state index contributed by atoms with van der Waals surface area (Å²) in [7, 11) is 0. The average molecular weight is 424 g/mol. The maximum atomic E-state index is 11.9. The van der Waals surface area contributed by atoms with E-state index in [1.54, 1.807) is 10.7 Å². The molecule has 7 nitrogen and oxygen atoms in total. The van der Waals surface area contributed by atoms with Gasteiger partial charge in [0.25, 0.3) is 0 Å². The Kier molecular flexibility index (Phi) is 4.60. The van der Waals surface area contributed by atoms with Crippen molar-refractivity contribution in [3.05, 3.63) is 70.0 Å². The van der Waals surface area contributed by atoms with Gasteiger partial charge >= 0.3 is 0 Å². The Hall–Kier alpha value is -3.18. The number of benzene rings is 2. The van der Waals surface area contributed by atoms with E-state index in [9.17, 15) is 10.1 Å². The molecule has 0 aliphatic carbocycles. The molecule has 1 aliphatic rings. The monoisotopic (exact) mass is 423 g/mol. The fourth-order valence-electron chi connectivity index (χ4n) is 3.02. The van der Waals surface area contributed by atoms with Crippen molar-refractivity contribution in [3.8, 4) is 11.8 Å². The molecule has 27 heavy (non-hydrogen) atoms. The first kappa shape index (κ1) is 17.2. The predicted octanol–water partition coefficient (Wildman–Crippen LogP) is 3.42. The molecule has 0 fully saturated rings. The third-order valence-electron chi connectivity index (χ3n) is 4.36. The first-order chi connectivity index (χ1) is 13.2. The summed E-state index contributed by atoms with van der Waals surface area (Å²) >= 11 is 3.53. The maximum Gasteiger partial charge on any atom is 0.229 e. The van der Waals surface area contributed by atoms with E-state index >= 15 is 0 Å². The van der Waals surface area contributed by atoms with Crippen LogP contribution in [0.3, 0.4) is 0 Å². The molecule has 134 valence electrons. The summed E-state index contributed by atoms with van der Waals surface area (Å²) in [5.41, 5.74) is 2.35. The molecule has 1 aliphatic heterocycles. The van der Waals surface area contributed by atoms with Crippen molar-refractivity contribution < 1.29 is 9.53 Å². The van der Waals surface area contributed by atoms with Gasteiger partial charge in [-0.1, -0.05) is 24.3 Å². The van der Waals surface area contributed by atoms with Crippen LogP contribution in [-0.2, 0) is 11.4 Å². The van der Waals surface area contributed by atoms with E-state index in [1.165, 1.54) is 6.33 Å². The topological polar surface area (TPSA) is 92.8 Å². The maximum absolute atomic E-state index is 11.9. The lowest BCUT2D eigenvalue weighted by Crippen LogP contribution is -2.29. The fourth-order valence-corrected chi connectivity index (χ4v) is 3.53. The van der Waals surface area contributed by atoms with Gasteiger partial charge in [-0.2, -0.15) is 15.3 Å². The number of anilines is 1. The van der Waals surface area contributed by atoms with E-state index in [1.807, 2.05) is 36.4 Å². The van der Waals surface area contributed by atoms with Crippen LogP contribution in [-0.4, -0.2) is 20.7 Å². The summed E-state index contributed by atoms with van der Waals surface area (Å²) in [6, 6.07) is 14.9. The first-order valence-electron chi connectivity index (χ1n) is 8.25. The molecule has 1 aromatic heterocycles. The molecule has 3 aromatic rings. The SMILES string of the molecule is N#Cc1ccccc1COc1ccc([C@@H]2CC(=O)Nc3ncnn32)cc1Br. The molecule has 0 radical (unpaired) electrons. The minimum absolute atomic E-state index is 0.0925. The molecule has 2 aromatic carbocycles. The van der Waals surface area contributed by atoms with Crippen molar-refractivity contribution in [1.29, 1.82) is 5.26 Å². The number of fused-ring (bicyclic) bond motifs is 1. The number of nitrogens with one attached hydrogen (secondary N) is 1. The van der Waals surface area contributed by atoms with Crippen LogP contribution < -0.4 is 10.1 Å². The van der Waals surface area contributed by atoms with Crippen LogP contribution in [0.25, 0.3) is 0 Å². The Morgan fingerprint density at radius 2 is 2.19 bits per heavy atom. The average Bonchev–Trinajstić information content (AvgIpc) is 3.15. The highest BCUT2D eigenvalue weighted by Gasteiger charge is 2.28. The van der Waals surface area contributed by atoms with Gasteiger partial charge in [0.1, 0.15) is 18.7 Å². The second kappa shape index (κ2) is 7.21. The van der Waals surface area contributed by atoms with Gasteiger partial charge in [-0.25, -0.2) is 4.68 Å². The summed E-state index contributed by atoms with van der Waals surface area (Å²) in [4.78, 5) is 16.0. The number of ether oxygens (including phenoxy) is 1. The lowest BCUT2D eigenvalue weighted by atomic mass is 10.0. The van der Waals surface area contributed by atoms with Crippen molar-refractivity contribution in [2.24, 2.45) is 0 Å². The van der Waals surface area contributed by atoms with Crippen LogP contribution in [0.4, 0.5) is 5.95 Å². The number of hydrogen-bond acceptors (Lipinski definition) is 5. The molecule has 8 heteroatoms. The van der Waals surface area contributed by atoms with Gasteiger partial charge in [-0.05, 0) is 39.7 Å². The molecule has 0 saturated heterocycles. The normalized spacial score (nSPS) is 15.6. The van der Waals surface area contributed by atoms with Gasteiger partial charge in [-0.15, -0.1) is 0 Å². The zero-order valence-corrected chi connectivity index (χ0v) is 15.7. The molecule has 1 atom stereocenters. The van der Waals surface area contributed by atoms with Gasteiger partial charge in [0.05, 0.1) is 28.6 Å². The van der Waals surface area contributed by atoms with E-state index < -0.39 is 0 Å². The molecular weight excluding hydrogens is 410 g/mol. The van der Waals surface area contributed by atoms with Crippen molar-refractivity contribution >= 4 is 27.8 Å². The highest BCUT2D eigenvalue weighted by molar-refractivity contribution is 9.10. The number of amides is 1. The smallest absolute Gasteiger partial charge is 0.229 e. The zero-order chi connectivity index (χ0) is 18.8. The summed E-state index contributed by atoms with van der Waals surface area (Å²) in [6.07, 6.45) is 1.71. The Balaban J connectivity index is 1.56. The van der Waals surface area contributed by atoms with Crippen LogP contribution in [0.5, 0.6) is 5.75 Å². The Labute approximate surface area is 163 Å². The van der Waals surface area contributed by atoms with Crippen molar-refractivity contribution in [3.63, 3.8) is 0 Å². The van der Waals surface area contributed by atoms with Crippen LogP contribution in [0, 0.1) is 11.3 Å². The second-order valence-corrected chi connectivity index (χ2v) is 6.90. The van der Waals surface area contributed by atoms with E-state index in [0.29, 0.717) is 30.3 Å². The number of carbonyl (C=O) groups is 1. The largest absolute Gasteiger partial charge is 0.488 e. The lowest BCUT2D eigenvalue weighted by molar-refractivity contribution is -0.117. The molecule has 0 spiro atoms. The van der Waals surface area contributed by atoms with E-state index in [4.69, 9.17) is 4.74 Å². The number of nitrogens with zero attached hydrogens (tertiary/aromatic N) is 4. The summed E-state index contributed by atoms with van der Waals surface area (Å²) in [5, 5.41) is 16.1. The third kappa shape index (κ3) is 3.41. The molecule has 0 saturated carbocycles. The number of halogens is 1. The first-order valence-corrected chi connectivity index (χ1v) is 9.04. The Bertz CT molecular complexity index is 1060. The van der Waals surface area contributed by atoms with E-state index in [2.05, 4.69) is 37.4 Å². The number of carbonyl (C=O) groups excluding carboxylic acids is 1. The number of rotatable bonds is 4. The van der Waals surface area contributed by atoms with Gasteiger partial charge in [0, 0.05) is 5.56 Å². The van der Waals surface area contributed by atoms with Gasteiger partial charge in [0.15, 0.2) is 0 Å². The van der Waals surface area contributed by atoms with Crippen molar-refractivity contribution in [1.82, 2.24) is 14.8 Å². The molecular formula is C19H14BrN5O2. The molecule has 1 amide bonds. The number of nitriles is 1. The Morgan fingerprint density at radius 1 is 1.33 bits per heavy atom. The van der Waals surface area contributed by atoms with Gasteiger partial charge < -0.3 is 4.74 Å². The summed E-state index contributed by atoms with van der Waals surface area (Å²) < 4.78 is 8.34.